The predicted molar refractivity (Wildman–Crippen MR) is 46.6 cm³/mol. The van der Waals surface area contributed by atoms with Gasteiger partial charge in [0.2, 0.25) is 6.54 Å². The second-order valence-electron chi connectivity index (χ2n) is 4.73. The van der Waals surface area contributed by atoms with E-state index in [0.29, 0.717) is 6.42 Å². The minimum atomic E-state index is -1.19. The molecule has 0 aromatic carbocycles. The van der Waals surface area contributed by atoms with Crippen molar-refractivity contribution in [2.75, 3.05) is 6.54 Å². The van der Waals surface area contributed by atoms with E-state index in [1.807, 2.05) is 20.8 Å². The SMILES string of the molecule is CC(C)(C)CC(C)(O)C[N+](=O)[O-]. The maximum Gasteiger partial charge on any atom is 0.231 e. The summed E-state index contributed by atoms with van der Waals surface area (Å²) in [6.07, 6.45) is 0.432. The van der Waals surface area contributed by atoms with Crippen molar-refractivity contribution in [3.05, 3.63) is 10.1 Å². The van der Waals surface area contributed by atoms with Crippen LogP contribution in [0.15, 0.2) is 0 Å². The van der Waals surface area contributed by atoms with E-state index in [0.717, 1.165) is 0 Å². The van der Waals surface area contributed by atoms with E-state index in [1.165, 1.54) is 6.92 Å². The Balaban J connectivity index is 4.13. The molecule has 0 aliphatic heterocycles. The second kappa shape index (κ2) is 3.39. The molecule has 4 nitrogen and oxygen atoms in total. The standard InChI is InChI=1S/C8H17NO3/c1-7(2,3)5-8(4,10)6-9(11)12/h10H,5-6H2,1-4H3. The quantitative estimate of drug-likeness (QED) is 0.521. The molecule has 0 aromatic rings. The lowest BCUT2D eigenvalue weighted by molar-refractivity contribution is -0.500. The summed E-state index contributed by atoms with van der Waals surface area (Å²) in [6.45, 7) is 6.95. The minimum absolute atomic E-state index is 0.0838. The van der Waals surface area contributed by atoms with Gasteiger partial charge in [0.25, 0.3) is 0 Å². The molecule has 72 valence electrons. The van der Waals surface area contributed by atoms with Crippen molar-refractivity contribution in [3.63, 3.8) is 0 Å². The van der Waals surface area contributed by atoms with Crippen LogP contribution in [0.4, 0.5) is 0 Å². The molecule has 0 heterocycles. The Morgan fingerprint density at radius 1 is 1.33 bits per heavy atom. The summed E-state index contributed by atoms with van der Waals surface area (Å²) >= 11 is 0. The molecule has 0 amide bonds. The van der Waals surface area contributed by atoms with Crippen molar-refractivity contribution < 1.29 is 10.0 Å². The second-order valence-corrected chi connectivity index (χ2v) is 4.73. The summed E-state index contributed by atoms with van der Waals surface area (Å²) in [5.74, 6) is 0. The smallest absolute Gasteiger partial charge is 0.231 e. The molecule has 0 radical (unpaired) electrons. The number of nitro groups is 1. The van der Waals surface area contributed by atoms with Gasteiger partial charge in [0.1, 0.15) is 5.60 Å². The highest BCUT2D eigenvalue weighted by atomic mass is 16.6. The van der Waals surface area contributed by atoms with Gasteiger partial charge in [-0.1, -0.05) is 20.8 Å². The van der Waals surface area contributed by atoms with E-state index >= 15 is 0 Å². The fourth-order valence-electron chi connectivity index (χ4n) is 1.48. The topological polar surface area (TPSA) is 63.4 Å². The molecule has 1 atom stereocenters. The summed E-state index contributed by atoms with van der Waals surface area (Å²) in [5.41, 5.74) is -1.28. The van der Waals surface area contributed by atoms with Crippen LogP contribution in [0.1, 0.15) is 34.1 Å². The van der Waals surface area contributed by atoms with E-state index in [2.05, 4.69) is 0 Å². The Hall–Kier alpha value is -0.640. The fraction of sp³-hybridized carbons (Fsp3) is 1.00. The van der Waals surface area contributed by atoms with Gasteiger partial charge in [0.05, 0.1) is 0 Å². The highest BCUT2D eigenvalue weighted by Crippen LogP contribution is 2.26. The van der Waals surface area contributed by atoms with Crippen LogP contribution in [0.5, 0.6) is 0 Å². The van der Waals surface area contributed by atoms with Crippen molar-refractivity contribution in [3.8, 4) is 0 Å². The first-order chi connectivity index (χ1) is 5.12. The lowest BCUT2D eigenvalue weighted by Gasteiger charge is -2.27. The normalized spacial score (nSPS) is 17.1. The zero-order valence-corrected chi connectivity index (χ0v) is 8.13. The number of nitrogens with zero attached hydrogens (tertiary/aromatic N) is 1. The van der Waals surface area contributed by atoms with Gasteiger partial charge in [-0.05, 0) is 18.8 Å². The van der Waals surface area contributed by atoms with Gasteiger partial charge in [-0.25, -0.2) is 0 Å². The van der Waals surface area contributed by atoms with E-state index < -0.39 is 10.5 Å². The monoisotopic (exact) mass is 175 g/mol. The minimum Gasteiger partial charge on any atom is -0.383 e. The van der Waals surface area contributed by atoms with Gasteiger partial charge in [-0.3, -0.25) is 10.1 Å². The van der Waals surface area contributed by atoms with Gasteiger partial charge in [-0.2, -0.15) is 0 Å². The third-order valence-electron chi connectivity index (χ3n) is 1.38. The average Bonchev–Trinajstić information content (AvgIpc) is 1.48. The van der Waals surface area contributed by atoms with Crippen LogP contribution in [0.25, 0.3) is 0 Å². The molecule has 0 rings (SSSR count). The van der Waals surface area contributed by atoms with Crippen LogP contribution in [0.3, 0.4) is 0 Å². The summed E-state index contributed by atoms with van der Waals surface area (Å²) in [5, 5.41) is 19.7. The Morgan fingerprint density at radius 2 is 1.75 bits per heavy atom. The summed E-state index contributed by atoms with van der Waals surface area (Å²) < 4.78 is 0. The molecule has 0 aliphatic carbocycles. The average molecular weight is 175 g/mol. The molecular formula is C8H17NO3. The number of hydrogen-bond acceptors (Lipinski definition) is 3. The highest BCUT2D eigenvalue weighted by molar-refractivity contribution is 4.78. The summed E-state index contributed by atoms with van der Waals surface area (Å²) in [7, 11) is 0. The number of rotatable bonds is 3. The molecule has 0 saturated carbocycles. The fourth-order valence-corrected chi connectivity index (χ4v) is 1.48. The molecule has 0 saturated heterocycles. The van der Waals surface area contributed by atoms with Crippen molar-refractivity contribution in [1.82, 2.24) is 0 Å². The van der Waals surface area contributed by atoms with Crippen LogP contribution in [0, 0.1) is 15.5 Å². The van der Waals surface area contributed by atoms with Gasteiger partial charge in [-0.15, -0.1) is 0 Å². The van der Waals surface area contributed by atoms with E-state index in [-0.39, 0.29) is 12.0 Å². The lowest BCUT2D eigenvalue weighted by Crippen LogP contribution is -2.37. The summed E-state index contributed by atoms with van der Waals surface area (Å²) in [4.78, 5) is 9.67. The zero-order valence-electron chi connectivity index (χ0n) is 8.13. The summed E-state index contributed by atoms with van der Waals surface area (Å²) in [6, 6.07) is 0. The first-order valence-corrected chi connectivity index (χ1v) is 3.97. The first-order valence-electron chi connectivity index (χ1n) is 3.97. The van der Waals surface area contributed by atoms with Crippen molar-refractivity contribution in [2.45, 2.75) is 39.7 Å². The van der Waals surface area contributed by atoms with Gasteiger partial charge in [0.15, 0.2) is 0 Å². The molecule has 1 N–H and O–H groups in total. The molecule has 1 unspecified atom stereocenters. The molecular weight excluding hydrogens is 158 g/mol. The van der Waals surface area contributed by atoms with Crippen molar-refractivity contribution in [2.24, 2.45) is 5.41 Å². The maximum absolute atomic E-state index is 10.1. The lowest BCUT2D eigenvalue weighted by atomic mass is 9.83. The van der Waals surface area contributed by atoms with Crippen LogP contribution < -0.4 is 0 Å². The van der Waals surface area contributed by atoms with Crippen LogP contribution in [0.2, 0.25) is 0 Å². The van der Waals surface area contributed by atoms with Crippen LogP contribution in [-0.4, -0.2) is 22.2 Å². The molecule has 0 aliphatic rings. The Labute approximate surface area is 72.7 Å². The predicted octanol–water partition coefficient (Wildman–Crippen LogP) is 1.45. The Bertz CT molecular complexity index is 170. The van der Waals surface area contributed by atoms with E-state index in [1.54, 1.807) is 0 Å². The van der Waals surface area contributed by atoms with Crippen molar-refractivity contribution >= 4 is 0 Å². The highest BCUT2D eigenvalue weighted by Gasteiger charge is 2.32. The molecule has 0 spiro atoms. The first kappa shape index (κ1) is 11.4. The van der Waals surface area contributed by atoms with Gasteiger partial charge in [0, 0.05) is 4.92 Å². The third kappa shape index (κ3) is 6.09. The Kier molecular flexibility index (Phi) is 3.21. The zero-order chi connectivity index (χ0) is 9.99. The third-order valence-corrected chi connectivity index (χ3v) is 1.38. The van der Waals surface area contributed by atoms with Crippen LogP contribution >= 0.6 is 0 Å². The van der Waals surface area contributed by atoms with E-state index in [4.69, 9.17) is 0 Å². The molecule has 0 bridgehead atoms. The Morgan fingerprint density at radius 3 is 2.00 bits per heavy atom. The molecule has 0 aromatic heterocycles. The number of hydrogen-bond donors (Lipinski definition) is 1. The molecule has 12 heavy (non-hydrogen) atoms. The van der Waals surface area contributed by atoms with Crippen molar-refractivity contribution in [1.29, 1.82) is 0 Å². The molecule has 0 fully saturated rings. The van der Waals surface area contributed by atoms with Gasteiger partial charge >= 0.3 is 0 Å². The van der Waals surface area contributed by atoms with E-state index in [9.17, 15) is 15.2 Å². The van der Waals surface area contributed by atoms with Crippen LogP contribution in [-0.2, 0) is 0 Å². The van der Waals surface area contributed by atoms with Gasteiger partial charge < -0.3 is 5.11 Å². The maximum atomic E-state index is 10.1. The molecule has 4 heteroatoms. The largest absolute Gasteiger partial charge is 0.383 e. The number of aliphatic hydroxyl groups is 1.